The van der Waals surface area contributed by atoms with Crippen molar-refractivity contribution in [2.45, 2.75) is 118 Å². The first-order valence-corrected chi connectivity index (χ1v) is 18.0. The molecule has 0 aromatic heterocycles. The normalized spacial score (nSPS) is 12.8. The molecule has 17 nitrogen and oxygen atoms in total. The summed E-state index contributed by atoms with van der Waals surface area (Å²) in [5.41, 5.74) is -30.5. The van der Waals surface area contributed by atoms with Crippen LogP contribution in [0.25, 0.3) is 0 Å². The molecular weight excluding hydrogens is 776 g/mol. The van der Waals surface area contributed by atoms with E-state index in [1.807, 2.05) is 0 Å². The molecule has 0 atom stereocenters. The maximum absolute atomic E-state index is 15.3. The molecule has 0 aromatic rings. The van der Waals surface area contributed by atoms with Crippen LogP contribution in [0.4, 0.5) is 0 Å². The third-order valence-electron chi connectivity index (χ3n) is 12.4. The molecule has 0 unspecified atom stereocenters. The Kier molecular flexibility index (Phi) is 15.3. The third-order valence-corrected chi connectivity index (χ3v) is 12.4. The zero-order chi connectivity index (χ0) is 47.9. The summed E-state index contributed by atoms with van der Waals surface area (Å²) >= 11 is 0. The molecule has 0 saturated heterocycles. The van der Waals surface area contributed by atoms with E-state index in [-0.39, 0.29) is 0 Å². The van der Waals surface area contributed by atoms with Crippen molar-refractivity contribution < 1.29 is 81.5 Å². The summed E-state index contributed by atoms with van der Waals surface area (Å²) < 4.78 is 0. The Morgan fingerprint density at radius 1 is 0.186 bits per heavy atom. The highest BCUT2D eigenvalue weighted by Crippen LogP contribution is 2.75. The van der Waals surface area contributed by atoms with Crippen molar-refractivity contribution in [3.05, 3.63) is 5.92 Å². The van der Waals surface area contributed by atoms with E-state index >= 15 is 38.4 Å². The molecule has 0 rings (SSSR count). The number of rotatable bonds is 24. The molecule has 59 heavy (non-hydrogen) atoms. The fraction of sp³-hybridized carbons (Fsp3) is 0.571. The fourth-order valence-corrected chi connectivity index (χ4v) is 11.6. The van der Waals surface area contributed by atoms with Crippen LogP contribution in [0.3, 0.4) is 0 Å². The number of carbonyl (C=O) groups excluding carboxylic acids is 17. The van der Waals surface area contributed by atoms with Gasteiger partial charge >= 0.3 is 0 Å². The average Bonchev–Trinajstić information content (AvgIpc) is 3.01. The topological polar surface area (TPSA) is 290 Å². The summed E-state index contributed by atoms with van der Waals surface area (Å²) in [6, 6.07) is 0. The summed E-state index contributed by atoms with van der Waals surface area (Å²) in [7, 11) is 0. The molecule has 0 fully saturated rings. The second-order valence-electron chi connectivity index (χ2n) is 15.1. The van der Waals surface area contributed by atoms with E-state index in [2.05, 4.69) is 0 Å². The van der Waals surface area contributed by atoms with Crippen molar-refractivity contribution in [3.63, 3.8) is 0 Å². The van der Waals surface area contributed by atoms with Crippen LogP contribution in [-0.2, 0) is 81.5 Å². The third kappa shape index (κ3) is 5.73. The number of hydrogen-bond acceptors (Lipinski definition) is 17. The van der Waals surface area contributed by atoms with Crippen molar-refractivity contribution in [1.29, 1.82) is 0 Å². The van der Waals surface area contributed by atoms with E-state index in [0.717, 1.165) is 0 Å². The fourth-order valence-electron chi connectivity index (χ4n) is 11.6. The maximum atomic E-state index is 15.3. The number of Topliss-reactive ketones (excluding diaryl/α,β-unsaturated/α-hetero) is 17. The van der Waals surface area contributed by atoms with Gasteiger partial charge in [0.2, 0.25) is 0 Å². The predicted molar refractivity (Wildman–Crippen MR) is 202 cm³/mol. The Morgan fingerprint density at radius 3 is 0.441 bits per heavy atom. The van der Waals surface area contributed by atoms with Gasteiger partial charge in [0, 0.05) is 0 Å². The zero-order valence-electron chi connectivity index (χ0n) is 36.4. The van der Waals surface area contributed by atoms with Gasteiger partial charge in [-0.15, -0.1) is 0 Å². The van der Waals surface area contributed by atoms with Crippen LogP contribution in [0.15, 0.2) is 0 Å². The van der Waals surface area contributed by atoms with Crippen molar-refractivity contribution in [2.24, 2.45) is 37.9 Å². The van der Waals surface area contributed by atoms with E-state index in [4.69, 9.17) is 0 Å². The molecule has 0 amide bonds. The molecule has 17 heteroatoms. The van der Waals surface area contributed by atoms with Gasteiger partial charge in [-0.05, 0) is 118 Å². The number of carbonyl (C=O) groups is 17. The highest BCUT2D eigenvalue weighted by atomic mass is 16.2. The molecule has 0 spiro atoms. The first-order valence-electron chi connectivity index (χ1n) is 18.0. The molecule has 321 valence electrons. The van der Waals surface area contributed by atoms with Gasteiger partial charge in [0.25, 0.3) is 0 Å². The highest BCUT2D eigenvalue weighted by Gasteiger charge is 2.94. The second kappa shape index (κ2) is 16.9. The second-order valence-corrected chi connectivity index (χ2v) is 15.1. The lowest BCUT2D eigenvalue weighted by atomic mass is 9.26. The lowest BCUT2D eigenvalue weighted by Gasteiger charge is -2.66. The minimum Gasteiger partial charge on any atom is -0.299 e. The van der Waals surface area contributed by atoms with Crippen molar-refractivity contribution in [3.8, 4) is 0 Å². The highest BCUT2D eigenvalue weighted by molar-refractivity contribution is 6.40. The molecule has 0 aliphatic carbocycles. The van der Waals surface area contributed by atoms with Crippen LogP contribution >= 0.6 is 0 Å². The van der Waals surface area contributed by atoms with Crippen LogP contribution in [0.5, 0.6) is 0 Å². The quantitative estimate of drug-likeness (QED) is 0.124. The van der Waals surface area contributed by atoms with E-state index in [9.17, 15) is 43.2 Å². The lowest BCUT2D eigenvalue weighted by Crippen LogP contribution is -2.86. The van der Waals surface area contributed by atoms with Crippen LogP contribution in [0.1, 0.15) is 118 Å². The Bertz CT molecular complexity index is 1950. The summed E-state index contributed by atoms with van der Waals surface area (Å²) in [6.07, 6.45) is 0. The van der Waals surface area contributed by atoms with Crippen molar-refractivity contribution in [2.75, 3.05) is 0 Å². The molecule has 0 bridgehead atoms. The Hall–Kier alpha value is -5.61. The molecule has 1 radical (unpaired) electrons. The largest absolute Gasteiger partial charge is 0.299 e. The zero-order valence-corrected chi connectivity index (χ0v) is 36.4. The van der Waals surface area contributed by atoms with E-state index in [1.165, 1.54) is 0 Å². The van der Waals surface area contributed by atoms with Crippen molar-refractivity contribution in [1.82, 2.24) is 0 Å². The summed E-state index contributed by atoms with van der Waals surface area (Å²) in [4.78, 5) is 250. The first kappa shape index (κ1) is 53.4. The SMILES string of the molecule is CC(=O)[C](C(C)=O)C(C(C)=O)(C(C)=O)C(C(C)=O)(C(C)=O)C(C(C)=O)(C(C)=O)C(C(C)=O)(C(C)=O)C(C(C)=O)(C(C)=O)C(C(C)=O)(C(C)=O)C(C(C)=O)(C(C)=O)C(C)=O. The van der Waals surface area contributed by atoms with Gasteiger partial charge in [-0.2, -0.15) is 0 Å². The van der Waals surface area contributed by atoms with E-state index in [1.54, 1.807) is 0 Å². The smallest absolute Gasteiger partial charge is 0.165 e. The average molecular weight is 828 g/mol. The van der Waals surface area contributed by atoms with Gasteiger partial charge < -0.3 is 0 Å². The van der Waals surface area contributed by atoms with Gasteiger partial charge in [0.15, 0.2) is 22.8 Å². The molecular formula is C42H51O17. The van der Waals surface area contributed by atoms with Crippen LogP contribution in [0.2, 0.25) is 0 Å². The van der Waals surface area contributed by atoms with Crippen LogP contribution in [0, 0.1) is 43.8 Å². The molecule has 0 saturated carbocycles. The van der Waals surface area contributed by atoms with Gasteiger partial charge in [-0.1, -0.05) is 0 Å². The minimum absolute atomic E-state index is 0.291. The van der Waals surface area contributed by atoms with Crippen molar-refractivity contribution >= 4 is 98.3 Å². The van der Waals surface area contributed by atoms with Gasteiger partial charge in [-0.25, -0.2) is 0 Å². The first-order chi connectivity index (χ1) is 26.4. The van der Waals surface area contributed by atoms with E-state index < -0.39 is 142 Å². The monoisotopic (exact) mass is 827 g/mol. The summed E-state index contributed by atoms with van der Waals surface area (Å²) in [6.45, 7) is 6.67. The van der Waals surface area contributed by atoms with Crippen LogP contribution < -0.4 is 0 Å². The Balaban J connectivity index is 12.1. The Labute approximate surface area is 340 Å². The molecule has 0 aromatic carbocycles. The number of hydrogen-bond donors (Lipinski definition) is 0. The lowest BCUT2D eigenvalue weighted by molar-refractivity contribution is -0.220. The minimum atomic E-state index is -4.65. The number of ketones is 17. The van der Waals surface area contributed by atoms with Crippen LogP contribution in [-0.4, -0.2) is 98.3 Å². The summed E-state index contributed by atoms with van der Waals surface area (Å²) in [5.74, 6) is -34.1. The van der Waals surface area contributed by atoms with Gasteiger partial charge in [0.1, 0.15) is 119 Å². The predicted octanol–water partition coefficient (Wildman–Crippen LogP) is 1.48. The van der Waals surface area contributed by atoms with E-state index in [0.29, 0.717) is 118 Å². The molecule has 0 heterocycles. The Morgan fingerprint density at radius 2 is 0.322 bits per heavy atom. The summed E-state index contributed by atoms with van der Waals surface area (Å²) in [5, 5.41) is 0. The molecule has 0 aliphatic rings. The molecule has 0 aliphatic heterocycles. The maximum Gasteiger partial charge on any atom is 0.165 e. The molecule has 0 N–H and O–H groups in total. The van der Waals surface area contributed by atoms with Gasteiger partial charge in [0.05, 0.1) is 0 Å². The van der Waals surface area contributed by atoms with Gasteiger partial charge in [-0.3, -0.25) is 81.5 Å². The standard InChI is InChI=1S/C42H51O17/c1-18(43)35(19(2)44)37(23(6)48,24(7)49)39(27(10)52,28(11)53)41(31(14)56,32(15)57)42(33(16)58,34(17)59)40(29(12)54,30(13)55)38(25(8)50,26(9)51)36(20(3)45,21(4)46)22(5)47/h1-17H3.